The average molecular weight is 312 g/mol. The van der Waals surface area contributed by atoms with Crippen molar-refractivity contribution in [2.45, 2.75) is 6.04 Å². The number of H-pyrrole nitrogens is 1. The molecule has 116 valence electrons. The van der Waals surface area contributed by atoms with Gasteiger partial charge in [0.25, 0.3) is 5.69 Å². The zero-order chi connectivity index (χ0) is 16.0. The number of hydrogen-bond donors (Lipinski definition) is 1. The highest BCUT2D eigenvalue weighted by Gasteiger charge is 2.31. The molecule has 1 N–H and O–H groups in total. The van der Waals surface area contributed by atoms with Crippen LogP contribution in [0.25, 0.3) is 11.2 Å². The van der Waals surface area contributed by atoms with Crippen molar-refractivity contribution >= 4 is 22.7 Å². The number of rotatable bonds is 3. The quantitative estimate of drug-likeness (QED) is 0.572. The van der Waals surface area contributed by atoms with E-state index in [0.717, 1.165) is 5.52 Å². The van der Waals surface area contributed by atoms with E-state index in [9.17, 15) is 14.9 Å². The summed E-state index contributed by atoms with van der Waals surface area (Å²) >= 11 is 0. The molecule has 0 radical (unpaired) electrons. The third-order valence-corrected chi connectivity index (χ3v) is 3.98. The molecule has 1 fully saturated rings. The lowest BCUT2D eigenvalue weighted by molar-refractivity contribution is -0.385. The molecule has 1 aliphatic rings. The van der Waals surface area contributed by atoms with Gasteiger partial charge in [0.05, 0.1) is 16.5 Å². The minimum Gasteiger partial charge on any atom is -0.352 e. The summed E-state index contributed by atoms with van der Waals surface area (Å²) < 4.78 is 1.70. The first-order chi connectivity index (χ1) is 11.1. The molecule has 0 aliphatic carbocycles. The van der Waals surface area contributed by atoms with Crippen LogP contribution in [0, 0.1) is 10.1 Å². The number of nitrogens with one attached hydrogen (secondary N) is 1. The van der Waals surface area contributed by atoms with Gasteiger partial charge in [0.1, 0.15) is 12.0 Å². The van der Waals surface area contributed by atoms with Crippen molar-refractivity contribution in [3.05, 3.63) is 57.3 Å². The molecule has 4 heterocycles. The van der Waals surface area contributed by atoms with E-state index < -0.39 is 4.92 Å². The fourth-order valence-corrected chi connectivity index (χ4v) is 2.80. The molecule has 0 aromatic carbocycles. The standard InChI is InChI=1S/C14H12N6O3/c21-14-17-13-11(2-1-5-15-13)19(14)10-7-18(8-10)12-4-3-9(6-16-12)20(22)23/h1-6,10H,7-8H2,(H,15,17,21). The van der Waals surface area contributed by atoms with Gasteiger partial charge in [-0.2, -0.15) is 0 Å². The molecule has 0 bridgehead atoms. The van der Waals surface area contributed by atoms with Gasteiger partial charge in [0, 0.05) is 25.4 Å². The topological polar surface area (TPSA) is 110 Å². The summed E-state index contributed by atoms with van der Waals surface area (Å²) in [4.78, 5) is 35.2. The van der Waals surface area contributed by atoms with E-state index in [1.165, 1.54) is 12.3 Å². The summed E-state index contributed by atoms with van der Waals surface area (Å²) in [6.45, 7) is 1.24. The predicted molar refractivity (Wildman–Crippen MR) is 82.5 cm³/mol. The zero-order valence-corrected chi connectivity index (χ0v) is 11.9. The van der Waals surface area contributed by atoms with Crippen molar-refractivity contribution < 1.29 is 4.92 Å². The van der Waals surface area contributed by atoms with E-state index in [1.54, 1.807) is 22.9 Å². The maximum Gasteiger partial charge on any atom is 0.328 e. The minimum absolute atomic E-state index is 0.0254. The summed E-state index contributed by atoms with van der Waals surface area (Å²) in [6, 6.07) is 6.72. The lowest BCUT2D eigenvalue weighted by Crippen LogP contribution is -2.50. The van der Waals surface area contributed by atoms with Crippen LogP contribution in [0.15, 0.2) is 41.5 Å². The summed E-state index contributed by atoms with van der Waals surface area (Å²) in [7, 11) is 0. The Morgan fingerprint density at radius 2 is 2.09 bits per heavy atom. The molecule has 9 heteroatoms. The lowest BCUT2D eigenvalue weighted by atomic mass is 10.1. The van der Waals surface area contributed by atoms with Crippen LogP contribution in [0.5, 0.6) is 0 Å². The van der Waals surface area contributed by atoms with Crippen molar-refractivity contribution in [2.24, 2.45) is 0 Å². The highest BCUT2D eigenvalue weighted by Crippen LogP contribution is 2.28. The number of aromatic nitrogens is 4. The van der Waals surface area contributed by atoms with E-state index in [0.29, 0.717) is 24.6 Å². The fraction of sp³-hybridized carbons (Fsp3) is 0.214. The van der Waals surface area contributed by atoms with Crippen LogP contribution in [-0.2, 0) is 0 Å². The lowest BCUT2D eigenvalue weighted by Gasteiger charge is -2.40. The first kappa shape index (κ1) is 13.4. The van der Waals surface area contributed by atoms with Gasteiger partial charge in [-0.3, -0.25) is 19.7 Å². The molecule has 1 aliphatic heterocycles. The van der Waals surface area contributed by atoms with Crippen molar-refractivity contribution in [1.29, 1.82) is 0 Å². The molecule has 0 atom stereocenters. The number of anilines is 1. The number of imidazole rings is 1. The molecular formula is C14H12N6O3. The van der Waals surface area contributed by atoms with E-state index in [2.05, 4.69) is 15.0 Å². The Kier molecular flexibility index (Phi) is 2.86. The molecule has 9 nitrogen and oxygen atoms in total. The molecular weight excluding hydrogens is 300 g/mol. The molecule has 0 spiro atoms. The second-order valence-electron chi connectivity index (χ2n) is 5.36. The number of nitro groups is 1. The van der Waals surface area contributed by atoms with Gasteiger partial charge >= 0.3 is 5.69 Å². The summed E-state index contributed by atoms with van der Waals surface area (Å²) in [6.07, 6.45) is 2.88. The fourth-order valence-electron chi connectivity index (χ4n) is 2.80. The van der Waals surface area contributed by atoms with Gasteiger partial charge in [-0.15, -0.1) is 0 Å². The normalized spacial score (nSPS) is 14.9. The number of fused-ring (bicyclic) bond motifs is 1. The SMILES string of the molecule is O=c1[nH]c2ncccc2n1C1CN(c2ccc([N+](=O)[O-])cn2)C1. The van der Waals surface area contributed by atoms with E-state index >= 15 is 0 Å². The van der Waals surface area contributed by atoms with Gasteiger partial charge in [0.2, 0.25) is 0 Å². The smallest absolute Gasteiger partial charge is 0.328 e. The molecule has 3 aromatic rings. The maximum atomic E-state index is 12.1. The Labute approximate surface area is 129 Å². The first-order valence-electron chi connectivity index (χ1n) is 7.04. The first-order valence-corrected chi connectivity index (χ1v) is 7.04. The van der Waals surface area contributed by atoms with Crippen molar-refractivity contribution in [3.63, 3.8) is 0 Å². The highest BCUT2D eigenvalue weighted by atomic mass is 16.6. The summed E-state index contributed by atoms with van der Waals surface area (Å²) in [5.74, 6) is 0.665. The molecule has 0 amide bonds. The summed E-state index contributed by atoms with van der Waals surface area (Å²) in [5, 5.41) is 10.6. The van der Waals surface area contributed by atoms with Crippen molar-refractivity contribution in [2.75, 3.05) is 18.0 Å². The van der Waals surface area contributed by atoms with Gasteiger partial charge in [-0.25, -0.2) is 14.8 Å². The monoisotopic (exact) mass is 312 g/mol. The van der Waals surface area contributed by atoms with Crippen LogP contribution >= 0.6 is 0 Å². The maximum absolute atomic E-state index is 12.1. The number of aromatic amines is 1. The van der Waals surface area contributed by atoms with Crippen LogP contribution < -0.4 is 10.6 Å². The second-order valence-corrected chi connectivity index (χ2v) is 5.36. The predicted octanol–water partition coefficient (Wildman–Crippen LogP) is 1.09. The summed E-state index contributed by atoms with van der Waals surface area (Å²) in [5.41, 5.74) is 1.13. The molecule has 3 aromatic heterocycles. The Morgan fingerprint density at radius 3 is 2.78 bits per heavy atom. The van der Waals surface area contributed by atoms with Gasteiger partial charge in [0.15, 0.2) is 5.65 Å². The minimum atomic E-state index is -0.478. The molecule has 4 rings (SSSR count). The number of pyridine rings is 2. The molecule has 1 saturated heterocycles. The third-order valence-electron chi connectivity index (χ3n) is 3.98. The largest absolute Gasteiger partial charge is 0.352 e. The van der Waals surface area contributed by atoms with Crippen molar-refractivity contribution in [1.82, 2.24) is 19.5 Å². The van der Waals surface area contributed by atoms with Crippen LogP contribution in [0.2, 0.25) is 0 Å². The Balaban J connectivity index is 1.56. The second kappa shape index (κ2) is 4.90. The molecule has 0 saturated carbocycles. The number of hydrogen-bond acceptors (Lipinski definition) is 6. The third kappa shape index (κ3) is 2.13. The zero-order valence-electron chi connectivity index (χ0n) is 11.9. The molecule has 23 heavy (non-hydrogen) atoms. The van der Waals surface area contributed by atoms with Crippen LogP contribution in [0.1, 0.15) is 6.04 Å². The highest BCUT2D eigenvalue weighted by molar-refractivity contribution is 5.70. The van der Waals surface area contributed by atoms with Gasteiger partial charge < -0.3 is 4.90 Å². The van der Waals surface area contributed by atoms with E-state index in [-0.39, 0.29) is 17.4 Å². The van der Waals surface area contributed by atoms with E-state index in [4.69, 9.17) is 0 Å². The van der Waals surface area contributed by atoms with Crippen molar-refractivity contribution in [3.8, 4) is 0 Å². The average Bonchev–Trinajstić information content (AvgIpc) is 2.83. The van der Waals surface area contributed by atoms with Crippen LogP contribution in [-0.4, -0.2) is 37.5 Å². The Bertz CT molecular complexity index is 939. The van der Waals surface area contributed by atoms with Gasteiger partial charge in [-0.05, 0) is 18.2 Å². The Morgan fingerprint density at radius 1 is 1.26 bits per heavy atom. The Hall–Kier alpha value is -3.23. The van der Waals surface area contributed by atoms with Crippen LogP contribution in [0.4, 0.5) is 11.5 Å². The van der Waals surface area contributed by atoms with Gasteiger partial charge in [-0.1, -0.05) is 0 Å². The van der Waals surface area contributed by atoms with E-state index in [1.807, 2.05) is 11.0 Å². The number of nitrogens with zero attached hydrogens (tertiary/aromatic N) is 5. The van der Waals surface area contributed by atoms with Crippen LogP contribution in [0.3, 0.4) is 0 Å². The molecule has 0 unspecified atom stereocenters.